The van der Waals surface area contributed by atoms with Crippen LogP contribution in [0.25, 0.3) is 0 Å². The van der Waals surface area contributed by atoms with Crippen molar-refractivity contribution >= 4 is 30.7 Å². The van der Waals surface area contributed by atoms with Crippen LogP contribution in [0.3, 0.4) is 0 Å². The van der Waals surface area contributed by atoms with Crippen molar-refractivity contribution < 1.29 is 14.3 Å². The fourth-order valence-corrected chi connectivity index (χ4v) is 5.73. The molecule has 5 aliphatic heterocycles. The van der Waals surface area contributed by atoms with Crippen LogP contribution in [0.5, 0.6) is 11.5 Å². The molecule has 1 amide bonds. The molecule has 1 aromatic carbocycles. The van der Waals surface area contributed by atoms with Gasteiger partial charge < -0.3 is 20.1 Å². The van der Waals surface area contributed by atoms with E-state index in [0.717, 1.165) is 44.0 Å². The molecule has 0 aromatic heterocycles. The van der Waals surface area contributed by atoms with Gasteiger partial charge in [-0.15, -0.1) is 24.8 Å². The largest absolute Gasteiger partial charge is 0.454 e. The van der Waals surface area contributed by atoms with Crippen LogP contribution < -0.4 is 15.2 Å². The van der Waals surface area contributed by atoms with Crippen molar-refractivity contribution in [3.63, 3.8) is 0 Å². The molecule has 8 heteroatoms. The van der Waals surface area contributed by atoms with Gasteiger partial charge in [0, 0.05) is 18.5 Å². The smallest absolute Gasteiger partial charge is 0.242 e. The molecule has 5 heterocycles. The second kappa shape index (κ2) is 6.94. The van der Waals surface area contributed by atoms with E-state index < -0.39 is 5.54 Å². The highest BCUT2D eigenvalue weighted by molar-refractivity contribution is 5.90. The van der Waals surface area contributed by atoms with Gasteiger partial charge in [-0.05, 0) is 62.4 Å². The van der Waals surface area contributed by atoms with E-state index in [4.69, 9.17) is 15.2 Å². The molecule has 0 radical (unpaired) electrons. The maximum absolute atomic E-state index is 13.2. The molecule has 0 spiro atoms. The van der Waals surface area contributed by atoms with E-state index in [-0.39, 0.29) is 30.7 Å². The number of nitrogens with two attached hydrogens (primary N) is 1. The van der Waals surface area contributed by atoms with Gasteiger partial charge in [-0.2, -0.15) is 0 Å². The van der Waals surface area contributed by atoms with Crippen LogP contribution in [0.1, 0.15) is 37.2 Å². The SMILES string of the molecule is Cl.Cl.NC1(C(=O)N2C[C@@H](c3ccc4c(c3)OCO4)[C@@H]3[C@H]2C2CCN3CC2)CC1. The predicted octanol–water partition coefficient (Wildman–Crippen LogP) is 2.14. The summed E-state index contributed by atoms with van der Waals surface area (Å²) in [4.78, 5) is 17.9. The van der Waals surface area contributed by atoms with Gasteiger partial charge in [-0.1, -0.05) is 6.07 Å². The minimum atomic E-state index is -0.583. The molecule has 1 saturated carbocycles. The summed E-state index contributed by atoms with van der Waals surface area (Å²) in [7, 11) is 0. The third-order valence-corrected chi connectivity index (χ3v) is 7.29. The van der Waals surface area contributed by atoms with Crippen LogP contribution in [0.4, 0.5) is 0 Å². The number of likely N-dealkylation sites (tertiary alicyclic amines) is 1. The number of fused-ring (bicyclic) bond motifs is 3. The second-order valence-electron chi connectivity index (χ2n) is 8.69. The lowest BCUT2D eigenvalue weighted by molar-refractivity contribution is -0.138. The molecule has 4 saturated heterocycles. The highest BCUT2D eigenvalue weighted by atomic mass is 35.5. The topological polar surface area (TPSA) is 68.0 Å². The standard InChI is InChI=1S/C20H25N3O3.2ClH/c21-20(5-6-20)19(24)23-10-14(13-1-2-15-16(9-13)26-11-25-15)18-17(23)12-3-7-22(18)8-4-12;;/h1-2,9,12,14,17-18H,3-8,10-11,21H2;2*1H/t14-,17+,18+;;/m0../s1. The maximum atomic E-state index is 13.2. The average Bonchev–Trinajstić information content (AvgIpc) is 3.11. The van der Waals surface area contributed by atoms with Crippen molar-refractivity contribution in [2.24, 2.45) is 11.7 Å². The van der Waals surface area contributed by atoms with Crippen LogP contribution in [0.15, 0.2) is 18.2 Å². The number of rotatable bonds is 2. The molecule has 7 rings (SSSR count). The molecule has 1 aliphatic carbocycles. The zero-order valence-electron chi connectivity index (χ0n) is 15.7. The van der Waals surface area contributed by atoms with Gasteiger partial charge in [-0.25, -0.2) is 0 Å². The monoisotopic (exact) mass is 427 g/mol. The number of amides is 1. The van der Waals surface area contributed by atoms with Crippen LogP contribution in [-0.4, -0.2) is 59.8 Å². The first kappa shape index (κ1) is 20.1. The van der Waals surface area contributed by atoms with Crippen molar-refractivity contribution in [3.8, 4) is 11.5 Å². The molecule has 154 valence electrons. The Hall–Kier alpha value is -1.21. The fraction of sp³-hybridized carbons (Fsp3) is 0.650. The number of ether oxygens (including phenoxy) is 2. The minimum absolute atomic E-state index is 0. The number of carbonyl (C=O) groups is 1. The Morgan fingerprint density at radius 2 is 1.79 bits per heavy atom. The van der Waals surface area contributed by atoms with E-state index in [1.54, 1.807) is 0 Å². The lowest BCUT2D eigenvalue weighted by Crippen LogP contribution is -2.62. The molecule has 2 bridgehead atoms. The van der Waals surface area contributed by atoms with Crippen LogP contribution in [-0.2, 0) is 4.79 Å². The first-order chi connectivity index (χ1) is 12.6. The lowest BCUT2D eigenvalue weighted by Gasteiger charge is -2.51. The number of carbonyl (C=O) groups excluding carboxylic acids is 1. The quantitative estimate of drug-likeness (QED) is 0.782. The summed E-state index contributed by atoms with van der Waals surface area (Å²) in [6.07, 6.45) is 4.08. The third kappa shape index (κ3) is 2.80. The summed E-state index contributed by atoms with van der Waals surface area (Å²) < 4.78 is 11.1. The predicted molar refractivity (Wildman–Crippen MR) is 110 cm³/mol. The van der Waals surface area contributed by atoms with Crippen molar-refractivity contribution in [2.45, 2.75) is 49.2 Å². The Bertz CT molecular complexity index is 780. The molecule has 2 N–H and O–H groups in total. The molecule has 5 fully saturated rings. The highest BCUT2D eigenvalue weighted by Crippen LogP contribution is 2.49. The van der Waals surface area contributed by atoms with E-state index >= 15 is 0 Å². The van der Waals surface area contributed by atoms with E-state index in [2.05, 4.69) is 21.9 Å². The first-order valence-corrected chi connectivity index (χ1v) is 9.88. The number of nitrogens with zero attached hydrogens (tertiary/aromatic N) is 2. The van der Waals surface area contributed by atoms with Gasteiger partial charge in [0.15, 0.2) is 11.5 Å². The first-order valence-electron chi connectivity index (χ1n) is 9.88. The summed E-state index contributed by atoms with van der Waals surface area (Å²) in [5.41, 5.74) is 6.98. The summed E-state index contributed by atoms with van der Waals surface area (Å²) in [5, 5.41) is 0. The third-order valence-electron chi connectivity index (χ3n) is 7.29. The molecule has 0 unspecified atom stereocenters. The molecule has 6 nitrogen and oxygen atoms in total. The maximum Gasteiger partial charge on any atom is 0.242 e. The second-order valence-corrected chi connectivity index (χ2v) is 8.69. The molecular weight excluding hydrogens is 401 g/mol. The zero-order valence-corrected chi connectivity index (χ0v) is 17.3. The normalized spacial score (nSPS) is 35.6. The molecule has 3 atom stereocenters. The van der Waals surface area contributed by atoms with Crippen LogP contribution >= 0.6 is 24.8 Å². The number of hydrogen-bond acceptors (Lipinski definition) is 5. The van der Waals surface area contributed by atoms with E-state index in [1.165, 1.54) is 18.4 Å². The van der Waals surface area contributed by atoms with Crippen molar-refractivity contribution in [2.75, 3.05) is 26.4 Å². The number of halogens is 2. The van der Waals surface area contributed by atoms with Gasteiger partial charge in [-0.3, -0.25) is 9.69 Å². The van der Waals surface area contributed by atoms with Gasteiger partial charge in [0.05, 0.1) is 11.6 Å². The van der Waals surface area contributed by atoms with Crippen molar-refractivity contribution in [1.29, 1.82) is 0 Å². The summed E-state index contributed by atoms with van der Waals surface area (Å²) in [5.74, 6) is 2.78. The van der Waals surface area contributed by atoms with Gasteiger partial charge in [0.1, 0.15) is 0 Å². The number of piperidine rings is 3. The highest BCUT2D eigenvalue weighted by Gasteiger charge is 2.58. The fourth-order valence-electron chi connectivity index (χ4n) is 5.73. The summed E-state index contributed by atoms with van der Waals surface area (Å²) in [6.45, 7) is 3.38. The van der Waals surface area contributed by atoms with Gasteiger partial charge in [0.25, 0.3) is 0 Å². The van der Waals surface area contributed by atoms with Crippen LogP contribution in [0, 0.1) is 5.92 Å². The van der Waals surface area contributed by atoms with E-state index in [1.807, 2.05) is 6.07 Å². The van der Waals surface area contributed by atoms with Crippen molar-refractivity contribution in [3.05, 3.63) is 23.8 Å². The zero-order chi connectivity index (χ0) is 17.5. The van der Waals surface area contributed by atoms with Crippen LogP contribution in [0.2, 0.25) is 0 Å². The Morgan fingerprint density at radius 3 is 2.50 bits per heavy atom. The van der Waals surface area contributed by atoms with Crippen molar-refractivity contribution in [1.82, 2.24) is 9.80 Å². The van der Waals surface area contributed by atoms with Gasteiger partial charge in [0.2, 0.25) is 12.7 Å². The Labute approximate surface area is 177 Å². The molecular formula is C20H27Cl2N3O3. The number of benzene rings is 1. The van der Waals surface area contributed by atoms with E-state index in [9.17, 15) is 4.79 Å². The van der Waals surface area contributed by atoms with E-state index in [0.29, 0.717) is 30.7 Å². The molecule has 28 heavy (non-hydrogen) atoms. The molecule has 1 aromatic rings. The Balaban J connectivity index is 0.000000961. The summed E-state index contributed by atoms with van der Waals surface area (Å²) in [6, 6.07) is 7.02. The lowest BCUT2D eigenvalue weighted by atomic mass is 9.75. The molecule has 6 aliphatic rings. The Kier molecular flexibility index (Phi) is 4.98. The number of hydrogen-bond donors (Lipinski definition) is 1. The minimum Gasteiger partial charge on any atom is -0.454 e. The summed E-state index contributed by atoms with van der Waals surface area (Å²) >= 11 is 0. The Morgan fingerprint density at radius 1 is 1.07 bits per heavy atom. The average molecular weight is 428 g/mol. The van der Waals surface area contributed by atoms with Gasteiger partial charge >= 0.3 is 0 Å².